The Morgan fingerprint density at radius 1 is 0.971 bits per heavy atom. The zero-order valence-corrected chi connectivity index (χ0v) is 18.8. The van der Waals surface area contributed by atoms with Crippen LogP contribution in [0.4, 0.5) is 11.4 Å². The van der Waals surface area contributed by atoms with E-state index in [1.54, 1.807) is 59.6 Å². The number of hydrogen-bond donors (Lipinski definition) is 1. The molecule has 0 saturated heterocycles. The third-order valence-electron chi connectivity index (χ3n) is 5.93. The van der Waals surface area contributed by atoms with E-state index in [0.717, 1.165) is 17.9 Å². The third-order valence-corrected chi connectivity index (χ3v) is 5.93. The van der Waals surface area contributed by atoms with Crippen molar-refractivity contribution in [1.82, 2.24) is 9.55 Å². The molecular weight excluding hydrogens is 428 g/mol. The van der Waals surface area contributed by atoms with Crippen LogP contribution < -0.4 is 15.0 Å². The number of carbonyl (C=O) groups excluding carboxylic acids is 2. The number of para-hydroxylation sites is 1. The molecule has 0 saturated carbocycles. The lowest BCUT2D eigenvalue weighted by Crippen LogP contribution is -2.28. The van der Waals surface area contributed by atoms with Crippen LogP contribution in [-0.2, 0) is 20.1 Å². The second kappa shape index (κ2) is 9.23. The summed E-state index contributed by atoms with van der Waals surface area (Å²) in [7, 11) is 1.91. The third kappa shape index (κ3) is 4.41. The van der Waals surface area contributed by atoms with Gasteiger partial charge in [-0.2, -0.15) is 0 Å². The minimum atomic E-state index is -0.233. The summed E-state index contributed by atoms with van der Waals surface area (Å²) in [5.74, 6) is 1.20. The highest BCUT2D eigenvalue weighted by Crippen LogP contribution is 2.29. The van der Waals surface area contributed by atoms with Crippen LogP contribution >= 0.6 is 0 Å². The van der Waals surface area contributed by atoms with E-state index >= 15 is 0 Å². The Bertz CT molecular complexity index is 1330. The summed E-state index contributed by atoms with van der Waals surface area (Å²) in [6, 6.07) is 21.9. The summed E-state index contributed by atoms with van der Waals surface area (Å²) in [5, 5.41) is 2.87. The van der Waals surface area contributed by atoms with Gasteiger partial charge in [-0.25, -0.2) is 4.98 Å². The lowest BCUT2D eigenvalue weighted by molar-refractivity contribution is 0.0988. The smallest absolute Gasteiger partial charge is 0.258 e. The van der Waals surface area contributed by atoms with Gasteiger partial charge in [-0.15, -0.1) is 0 Å². The number of fused-ring (bicyclic) bond motifs is 1. The standard InChI is InChI=1S/C27H24N4O3/c1-30-17-15-28-25(30)18-34-23-12-8-20(9-13-23)26(32)29-22-10-6-21(7-11-22)27(33)31-16-14-19-4-2-3-5-24(19)31/h2-13,15,17H,14,16,18H2,1H3,(H,29,32). The molecule has 170 valence electrons. The van der Waals surface area contributed by atoms with E-state index in [1.165, 1.54) is 5.56 Å². The van der Waals surface area contributed by atoms with Crippen LogP contribution in [0, 0.1) is 0 Å². The molecule has 0 unspecified atom stereocenters. The van der Waals surface area contributed by atoms with Gasteiger partial charge in [0.15, 0.2) is 0 Å². The van der Waals surface area contributed by atoms with Crippen molar-refractivity contribution in [2.75, 3.05) is 16.8 Å². The lowest BCUT2D eigenvalue weighted by Gasteiger charge is -2.17. The number of imidazole rings is 1. The summed E-state index contributed by atoms with van der Waals surface area (Å²) >= 11 is 0. The number of aromatic nitrogens is 2. The van der Waals surface area contributed by atoms with Gasteiger partial charge in [0, 0.05) is 48.5 Å². The van der Waals surface area contributed by atoms with Crippen molar-refractivity contribution in [2.45, 2.75) is 13.0 Å². The Labute approximate surface area is 197 Å². The van der Waals surface area contributed by atoms with E-state index in [1.807, 2.05) is 36.0 Å². The molecule has 2 heterocycles. The van der Waals surface area contributed by atoms with Gasteiger partial charge < -0.3 is 19.5 Å². The number of nitrogens with zero attached hydrogens (tertiary/aromatic N) is 3. The van der Waals surface area contributed by atoms with Gasteiger partial charge in [-0.05, 0) is 66.6 Å². The van der Waals surface area contributed by atoms with Crippen LogP contribution in [0.3, 0.4) is 0 Å². The second-order valence-corrected chi connectivity index (χ2v) is 8.13. The van der Waals surface area contributed by atoms with E-state index in [2.05, 4.69) is 16.4 Å². The van der Waals surface area contributed by atoms with Crippen molar-refractivity contribution < 1.29 is 14.3 Å². The molecule has 3 aromatic carbocycles. The maximum absolute atomic E-state index is 13.0. The fraction of sp³-hybridized carbons (Fsp3) is 0.148. The number of amides is 2. The summed E-state index contributed by atoms with van der Waals surface area (Å²) in [4.78, 5) is 31.6. The SMILES string of the molecule is Cn1ccnc1COc1ccc(C(=O)Nc2ccc(C(=O)N3CCc4ccccc43)cc2)cc1. The number of carbonyl (C=O) groups is 2. The number of aryl methyl sites for hydroxylation is 1. The minimum Gasteiger partial charge on any atom is -0.486 e. The predicted molar refractivity (Wildman–Crippen MR) is 130 cm³/mol. The molecule has 34 heavy (non-hydrogen) atoms. The molecule has 7 nitrogen and oxygen atoms in total. The first-order valence-electron chi connectivity index (χ1n) is 11.1. The van der Waals surface area contributed by atoms with E-state index in [0.29, 0.717) is 35.7 Å². The first-order valence-corrected chi connectivity index (χ1v) is 11.1. The molecule has 5 rings (SSSR count). The second-order valence-electron chi connectivity index (χ2n) is 8.13. The Morgan fingerprint density at radius 3 is 2.44 bits per heavy atom. The highest BCUT2D eigenvalue weighted by molar-refractivity contribution is 6.08. The zero-order valence-electron chi connectivity index (χ0n) is 18.8. The average molecular weight is 453 g/mol. The fourth-order valence-corrected chi connectivity index (χ4v) is 3.99. The highest BCUT2D eigenvalue weighted by Gasteiger charge is 2.25. The Kier molecular flexibility index (Phi) is 5.82. The largest absolute Gasteiger partial charge is 0.486 e. The maximum atomic E-state index is 13.0. The number of rotatable bonds is 6. The topological polar surface area (TPSA) is 76.5 Å². The van der Waals surface area contributed by atoms with Crippen molar-refractivity contribution in [3.63, 3.8) is 0 Å². The summed E-state index contributed by atoms with van der Waals surface area (Å²) in [6.45, 7) is 1.03. The van der Waals surface area contributed by atoms with Crippen molar-refractivity contribution >= 4 is 23.2 Å². The van der Waals surface area contributed by atoms with Gasteiger partial charge in [0.1, 0.15) is 18.2 Å². The molecular formula is C27H24N4O3. The van der Waals surface area contributed by atoms with Gasteiger partial charge in [0.25, 0.3) is 11.8 Å². The van der Waals surface area contributed by atoms with Crippen molar-refractivity contribution in [1.29, 1.82) is 0 Å². The van der Waals surface area contributed by atoms with Crippen LogP contribution in [0.1, 0.15) is 32.1 Å². The van der Waals surface area contributed by atoms with Crippen molar-refractivity contribution in [3.05, 3.63) is 108 Å². The predicted octanol–water partition coefficient (Wildman–Crippen LogP) is 4.45. The van der Waals surface area contributed by atoms with Gasteiger partial charge in [-0.1, -0.05) is 18.2 Å². The minimum absolute atomic E-state index is 0.0380. The number of ether oxygens (including phenoxy) is 1. The van der Waals surface area contributed by atoms with E-state index in [9.17, 15) is 9.59 Å². The van der Waals surface area contributed by atoms with Gasteiger partial charge in [-0.3, -0.25) is 9.59 Å². The number of benzene rings is 3. The molecule has 0 atom stereocenters. The Morgan fingerprint density at radius 2 is 1.71 bits per heavy atom. The average Bonchev–Trinajstić information content (AvgIpc) is 3.49. The molecule has 0 spiro atoms. The van der Waals surface area contributed by atoms with Gasteiger partial charge in [0.05, 0.1) is 0 Å². The normalized spacial score (nSPS) is 12.3. The molecule has 0 radical (unpaired) electrons. The van der Waals surface area contributed by atoms with E-state index in [-0.39, 0.29) is 11.8 Å². The Hall–Kier alpha value is -4.39. The Balaban J connectivity index is 1.19. The molecule has 1 aliphatic rings. The molecule has 0 aliphatic carbocycles. The number of nitrogens with one attached hydrogen (secondary N) is 1. The highest BCUT2D eigenvalue weighted by atomic mass is 16.5. The molecule has 1 aromatic heterocycles. The molecule has 4 aromatic rings. The summed E-state index contributed by atoms with van der Waals surface area (Å²) in [6.07, 6.45) is 4.45. The summed E-state index contributed by atoms with van der Waals surface area (Å²) in [5.41, 5.74) is 3.88. The van der Waals surface area contributed by atoms with Crippen molar-refractivity contribution in [3.8, 4) is 5.75 Å². The number of hydrogen-bond acceptors (Lipinski definition) is 4. The maximum Gasteiger partial charge on any atom is 0.258 e. The van der Waals surface area contributed by atoms with Gasteiger partial charge >= 0.3 is 0 Å². The van der Waals surface area contributed by atoms with Crippen LogP contribution in [0.2, 0.25) is 0 Å². The first kappa shape index (κ1) is 21.5. The van der Waals surface area contributed by atoms with Gasteiger partial charge in [0.2, 0.25) is 0 Å². The van der Waals surface area contributed by atoms with Crippen LogP contribution in [-0.4, -0.2) is 27.9 Å². The zero-order chi connectivity index (χ0) is 23.5. The quantitative estimate of drug-likeness (QED) is 0.469. The molecule has 7 heteroatoms. The van der Waals surface area contributed by atoms with Crippen LogP contribution in [0.25, 0.3) is 0 Å². The van der Waals surface area contributed by atoms with Crippen LogP contribution in [0.5, 0.6) is 5.75 Å². The molecule has 0 bridgehead atoms. The van der Waals surface area contributed by atoms with Crippen LogP contribution in [0.15, 0.2) is 85.2 Å². The number of anilines is 2. The molecule has 1 aliphatic heterocycles. The van der Waals surface area contributed by atoms with E-state index in [4.69, 9.17) is 4.74 Å². The lowest BCUT2D eigenvalue weighted by atomic mass is 10.1. The molecule has 2 amide bonds. The first-order chi connectivity index (χ1) is 16.6. The fourth-order valence-electron chi connectivity index (χ4n) is 3.99. The molecule has 0 fully saturated rings. The monoisotopic (exact) mass is 452 g/mol. The van der Waals surface area contributed by atoms with Crippen molar-refractivity contribution in [2.24, 2.45) is 7.05 Å². The van der Waals surface area contributed by atoms with E-state index < -0.39 is 0 Å². The molecule has 1 N–H and O–H groups in total. The summed E-state index contributed by atoms with van der Waals surface area (Å²) < 4.78 is 7.63.